The van der Waals surface area contributed by atoms with E-state index in [0.717, 1.165) is 11.1 Å². The molecule has 0 aliphatic rings. The summed E-state index contributed by atoms with van der Waals surface area (Å²) in [6.45, 7) is 0. The van der Waals surface area contributed by atoms with Crippen molar-refractivity contribution in [2.75, 3.05) is 19.5 Å². The Balaban J connectivity index is 1.56. The molecule has 206 valence electrons. The molecule has 40 heavy (non-hydrogen) atoms. The fourth-order valence-corrected chi connectivity index (χ4v) is 5.66. The van der Waals surface area contributed by atoms with Gasteiger partial charge in [-0.1, -0.05) is 60.7 Å². The Morgan fingerprint density at radius 1 is 0.875 bits per heavy atom. The van der Waals surface area contributed by atoms with Crippen LogP contribution < -0.4 is 20.5 Å². The maximum absolute atomic E-state index is 13.2. The normalized spacial score (nSPS) is 12.4. The van der Waals surface area contributed by atoms with Gasteiger partial charge in [0.25, 0.3) is 0 Å². The van der Waals surface area contributed by atoms with Crippen molar-refractivity contribution in [1.29, 1.82) is 0 Å². The molecule has 0 amide bonds. The summed E-state index contributed by atoms with van der Waals surface area (Å²) >= 11 is 0. The van der Waals surface area contributed by atoms with Gasteiger partial charge in [0.05, 0.1) is 35.3 Å². The molecule has 0 radical (unpaired) electrons. The summed E-state index contributed by atoms with van der Waals surface area (Å²) in [5.41, 5.74) is 8.59. The highest BCUT2D eigenvalue weighted by Gasteiger charge is 2.22. The number of hydrogen-bond donors (Lipinski definition) is 3. The number of nitrogens with zero attached hydrogens (tertiary/aromatic N) is 1. The van der Waals surface area contributed by atoms with Crippen molar-refractivity contribution in [3.63, 3.8) is 0 Å². The van der Waals surface area contributed by atoms with Crippen LogP contribution >= 0.6 is 0 Å². The summed E-state index contributed by atoms with van der Waals surface area (Å²) < 4.78 is 37.3. The Kier molecular flexibility index (Phi) is 8.70. The van der Waals surface area contributed by atoms with Gasteiger partial charge in [0.2, 0.25) is 9.84 Å². The SMILES string of the molecule is COc1cccc(OC)c1-c1ccc(C[C@H](N=C(N)Nc2ccccc2S(=O)(=O)c2ccccc2)C(=O)O)cc1. The number of aliphatic carboxylic acids is 1. The number of hydrogen-bond acceptors (Lipinski definition) is 6. The van der Waals surface area contributed by atoms with E-state index in [1.807, 2.05) is 30.3 Å². The van der Waals surface area contributed by atoms with Crippen LogP contribution in [-0.4, -0.2) is 45.7 Å². The van der Waals surface area contributed by atoms with E-state index in [4.69, 9.17) is 15.2 Å². The Labute approximate surface area is 232 Å². The second kappa shape index (κ2) is 12.4. The highest BCUT2D eigenvalue weighted by Crippen LogP contribution is 2.38. The van der Waals surface area contributed by atoms with Crippen LogP contribution in [0.1, 0.15) is 5.56 Å². The third kappa shape index (κ3) is 6.24. The molecule has 4 N–H and O–H groups in total. The van der Waals surface area contributed by atoms with Crippen molar-refractivity contribution in [3.05, 3.63) is 103 Å². The van der Waals surface area contributed by atoms with Crippen molar-refractivity contribution >= 4 is 27.5 Å². The number of carboxylic acids is 1. The summed E-state index contributed by atoms with van der Waals surface area (Å²) in [4.78, 5) is 16.3. The molecule has 0 saturated carbocycles. The molecule has 0 heterocycles. The van der Waals surface area contributed by atoms with Crippen molar-refractivity contribution in [2.24, 2.45) is 10.7 Å². The van der Waals surface area contributed by atoms with Gasteiger partial charge < -0.3 is 25.6 Å². The predicted octanol–water partition coefficient (Wildman–Crippen LogP) is 4.63. The topological polar surface area (TPSA) is 140 Å². The lowest BCUT2D eigenvalue weighted by Gasteiger charge is -2.15. The number of anilines is 1. The first kappa shape index (κ1) is 28.2. The quantitative estimate of drug-likeness (QED) is 0.189. The van der Waals surface area contributed by atoms with Crippen molar-refractivity contribution in [3.8, 4) is 22.6 Å². The van der Waals surface area contributed by atoms with Crippen LogP contribution in [0.2, 0.25) is 0 Å². The van der Waals surface area contributed by atoms with Gasteiger partial charge in [-0.25, -0.2) is 18.2 Å². The molecule has 4 aromatic rings. The van der Waals surface area contributed by atoms with Crippen molar-refractivity contribution in [1.82, 2.24) is 0 Å². The number of benzene rings is 4. The number of aliphatic imine (C=N–C) groups is 1. The lowest BCUT2D eigenvalue weighted by Crippen LogP contribution is -2.30. The van der Waals surface area contributed by atoms with Crippen LogP contribution in [-0.2, 0) is 21.1 Å². The van der Waals surface area contributed by atoms with E-state index in [-0.39, 0.29) is 27.9 Å². The van der Waals surface area contributed by atoms with E-state index >= 15 is 0 Å². The number of ether oxygens (including phenoxy) is 2. The first-order valence-electron chi connectivity index (χ1n) is 12.3. The highest BCUT2D eigenvalue weighted by molar-refractivity contribution is 7.91. The molecule has 0 aromatic heterocycles. The number of para-hydroxylation sites is 1. The standard InChI is InChI=1S/C30H29N3O6S/c1-38-25-12-8-13-26(39-2)28(25)21-17-15-20(16-18-21)19-24(29(34)35)33-30(31)32-23-11-6-7-14-27(23)40(36,37)22-9-4-3-5-10-22/h3-18,24H,19H2,1-2H3,(H,34,35)(H3,31,32,33)/t24-/m0/s1. The molecule has 0 unspecified atom stereocenters. The fraction of sp³-hybridized carbons (Fsp3) is 0.133. The fourth-order valence-electron chi connectivity index (χ4n) is 4.22. The lowest BCUT2D eigenvalue weighted by atomic mass is 9.99. The van der Waals surface area contributed by atoms with Gasteiger partial charge in [-0.15, -0.1) is 0 Å². The molecule has 0 spiro atoms. The van der Waals surface area contributed by atoms with Gasteiger partial charge in [-0.3, -0.25) is 0 Å². The number of nitrogens with one attached hydrogen (secondary N) is 1. The van der Waals surface area contributed by atoms with E-state index in [9.17, 15) is 18.3 Å². The Bertz CT molecular complexity index is 1600. The van der Waals surface area contributed by atoms with Gasteiger partial charge in [0.15, 0.2) is 12.0 Å². The molecular weight excluding hydrogens is 530 g/mol. The van der Waals surface area contributed by atoms with Crippen LogP contribution in [0.5, 0.6) is 11.5 Å². The lowest BCUT2D eigenvalue weighted by molar-refractivity contribution is -0.138. The van der Waals surface area contributed by atoms with E-state index < -0.39 is 21.8 Å². The molecule has 0 aliphatic heterocycles. The number of carbonyl (C=O) groups is 1. The molecule has 0 bridgehead atoms. The number of nitrogens with two attached hydrogens (primary N) is 1. The number of guanidine groups is 1. The highest BCUT2D eigenvalue weighted by atomic mass is 32.2. The molecule has 10 heteroatoms. The van der Waals surface area contributed by atoms with Crippen LogP contribution in [0, 0.1) is 0 Å². The second-order valence-electron chi connectivity index (χ2n) is 8.74. The summed E-state index contributed by atoms with van der Waals surface area (Å²) in [5.74, 6) is -0.106. The third-order valence-corrected chi connectivity index (χ3v) is 8.00. The predicted molar refractivity (Wildman–Crippen MR) is 154 cm³/mol. The summed E-state index contributed by atoms with van der Waals surface area (Å²) in [7, 11) is -0.694. The van der Waals surface area contributed by atoms with Crippen LogP contribution in [0.15, 0.2) is 112 Å². The smallest absolute Gasteiger partial charge is 0.328 e. The van der Waals surface area contributed by atoms with Gasteiger partial charge in [0, 0.05) is 6.42 Å². The third-order valence-electron chi connectivity index (χ3n) is 6.17. The summed E-state index contributed by atoms with van der Waals surface area (Å²) in [6, 6.07) is 25.8. The second-order valence-corrected chi connectivity index (χ2v) is 10.7. The largest absolute Gasteiger partial charge is 0.496 e. The van der Waals surface area contributed by atoms with E-state index in [1.165, 1.54) is 18.2 Å². The molecule has 4 aromatic carbocycles. The monoisotopic (exact) mass is 559 g/mol. The average Bonchev–Trinajstić information content (AvgIpc) is 2.97. The minimum Gasteiger partial charge on any atom is -0.496 e. The van der Waals surface area contributed by atoms with Crippen LogP contribution in [0.25, 0.3) is 11.1 Å². The molecule has 0 fully saturated rings. The first-order chi connectivity index (χ1) is 19.2. The molecule has 1 atom stereocenters. The number of sulfone groups is 1. The minimum atomic E-state index is -3.85. The van der Waals surface area contributed by atoms with E-state index in [1.54, 1.807) is 62.8 Å². The van der Waals surface area contributed by atoms with Crippen molar-refractivity contribution < 1.29 is 27.8 Å². The minimum absolute atomic E-state index is 0.00594. The number of rotatable bonds is 10. The van der Waals surface area contributed by atoms with E-state index in [0.29, 0.717) is 17.1 Å². The molecule has 0 saturated heterocycles. The van der Waals surface area contributed by atoms with Crippen LogP contribution in [0.4, 0.5) is 5.69 Å². The zero-order valence-corrected chi connectivity index (χ0v) is 22.8. The molecular formula is C30H29N3O6S. The zero-order chi connectivity index (χ0) is 28.7. The Hall–Kier alpha value is -4.83. The average molecular weight is 560 g/mol. The summed E-state index contributed by atoms with van der Waals surface area (Å²) in [6.07, 6.45) is 0.0605. The first-order valence-corrected chi connectivity index (χ1v) is 13.8. The number of carboxylic acid groups (broad SMARTS) is 1. The van der Waals surface area contributed by atoms with Gasteiger partial charge >= 0.3 is 5.97 Å². The Morgan fingerprint density at radius 2 is 1.48 bits per heavy atom. The van der Waals surface area contributed by atoms with Gasteiger partial charge in [0.1, 0.15) is 11.5 Å². The molecule has 9 nitrogen and oxygen atoms in total. The summed E-state index contributed by atoms with van der Waals surface area (Å²) in [5, 5.41) is 12.6. The number of methoxy groups -OCH3 is 2. The Morgan fingerprint density at radius 3 is 2.08 bits per heavy atom. The molecule has 0 aliphatic carbocycles. The van der Waals surface area contributed by atoms with E-state index in [2.05, 4.69) is 10.3 Å². The van der Waals surface area contributed by atoms with Crippen molar-refractivity contribution in [2.45, 2.75) is 22.3 Å². The zero-order valence-electron chi connectivity index (χ0n) is 21.9. The maximum Gasteiger partial charge on any atom is 0.328 e. The molecule has 4 rings (SSSR count). The van der Waals surface area contributed by atoms with Gasteiger partial charge in [-0.2, -0.15) is 0 Å². The van der Waals surface area contributed by atoms with Crippen LogP contribution in [0.3, 0.4) is 0 Å². The maximum atomic E-state index is 13.2. The van der Waals surface area contributed by atoms with Gasteiger partial charge in [-0.05, 0) is 47.5 Å².